The fourth-order valence-electron chi connectivity index (χ4n) is 2.66. The molecular formula is C18H27BrN6. The van der Waals surface area contributed by atoms with Crippen molar-refractivity contribution >= 4 is 21.9 Å². The molecule has 0 amide bonds. The van der Waals surface area contributed by atoms with E-state index in [9.17, 15) is 0 Å². The second-order valence-corrected chi connectivity index (χ2v) is 6.86. The molecule has 136 valence electrons. The van der Waals surface area contributed by atoms with Crippen LogP contribution in [0.3, 0.4) is 0 Å². The van der Waals surface area contributed by atoms with Crippen LogP contribution in [0.15, 0.2) is 40.1 Å². The van der Waals surface area contributed by atoms with Crippen LogP contribution in [-0.2, 0) is 19.5 Å². The van der Waals surface area contributed by atoms with Gasteiger partial charge in [-0.25, -0.2) is 0 Å². The average Bonchev–Trinajstić information content (AvgIpc) is 3.08. The third kappa shape index (κ3) is 6.16. The van der Waals surface area contributed by atoms with Crippen molar-refractivity contribution in [3.8, 4) is 0 Å². The molecule has 0 aliphatic carbocycles. The van der Waals surface area contributed by atoms with Crippen LogP contribution >= 0.6 is 15.9 Å². The van der Waals surface area contributed by atoms with Gasteiger partial charge in [-0.2, -0.15) is 0 Å². The molecule has 1 unspecified atom stereocenters. The molecule has 0 spiro atoms. The maximum atomic E-state index is 4.30. The Morgan fingerprint density at radius 3 is 2.84 bits per heavy atom. The van der Waals surface area contributed by atoms with E-state index in [-0.39, 0.29) is 0 Å². The zero-order valence-corrected chi connectivity index (χ0v) is 16.8. The molecule has 1 heterocycles. The first kappa shape index (κ1) is 19.4. The van der Waals surface area contributed by atoms with E-state index < -0.39 is 0 Å². The molecule has 1 atom stereocenters. The maximum Gasteiger partial charge on any atom is 0.191 e. The van der Waals surface area contributed by atoms with Crippen molar-refractivity contribution in [3.05, 3.63) is 46.5 Å². The number of aromatic nitrogens is 3. The van der Waals surface area contributed by atoms with Crippen molar-refractivity contribution in [3.63, 3.8) is 0 Å². The maximum absolute atomic E-state index is 4.30. The van der Waals surface area contributed by atoms with Crippen molar-refractivity contribution in [2.45, 2.75) is 39.8 Å². The van der Waals surface area contributed by atoms with Gasteiger partial charge in [0.15, 0.2) is 11.8 Å². The smallest absolute Gasteiger partial charge is 0.191 e. The minimum absolute atomic E-state index is 0.548. The van der Waals surface area contributed by atoms with Crippen LogP contribution < -0.4 is 10.6 Å². The first-order valence-corrected chi connectivity index (χ1v) is 9.51. The van der Waals surface area contributed by atoms with Crippen LogP contribution in [-0.4, -0.2) is 34.3 Å². The van der Waals surface area contributed by atoms with Gasteiger partial charge in [0.2, 0.25) is 0 Å². The van der Waals surface area contributed by atoms with Gasteiger partial charge in [0.25, 0.3) is 0 Å². The zero-order chi connectivity index (χ0) is 18.1. The molecule has 0 fully saturated rings. The predicted molar refractivity (Wildman–Crippen MR) is 106 cm³/mol. The summed E-state index contributed by atoms with van der Waals surface area (Å²) in [6, 6.07) is 8.51. The summed E-state index contributed by atoms with van der Waals surface area (Å²) < 4.78 is 3.15. The van der Waals surface area contributed by atoms with Crippen LogP contribution in [0.2, 0.25) is 0 Å². The lowest BCUT2D eigenvalue weighted by Gasteiger charge is -2.18. The Morgan fingerprint density at radius 1 is 1.32 bits per heavy atom. The summed E-state index contributed by atoms with van der Waals surface area (Å²) in [6.07, 6.45) is 3.91. The highest BCUT2D eigenvalue weighted by molar-refractivity contribution is 9.10. The molecule has 6 nitrogen and oxygen atoms in total. The minimum Gasteiger partial charge on any atom is -0.356 e. The quantitative estimate of drug-likeness (QED) is 0.522. The van der Waals surface area contributed by atoms with Gasteiger partial charge in [-0.1, -0.05) is 41.4 Å². The highest BCUT2D eigenvalue weighted by Gasteiger charge is 2.10. The van der Waals surface area contributed by atoms with E-state index in [0.717, 1.165) is 42.2 Å². The number of aliphatic imine (C=N–C) groups is 1. The van der Waals surface area contributed by atoms with Crippen molar-refractivity contribution in [2.24, 2.45) is 10.9 Å². The summed E-state index contributed by atoms with van der Waals surface area (Å²) in [5.74, 6) is 2.25. The third-order valence-electron chi connectivity index (χ3n) is 4.22. The Bertz CT molecular complexity index is 682. The van der Waals surface area contributed by atoms with Gasteiger partial charge >= 0.3 is 0 Å². The molecule has 0 saturated carbocycles. The average molecular weight is 407 g/mol. The first-order chi connectivity index (χ1) is 12.2. The number of aryl methyl sites for hydroxylation is 1. The topological polar surface area (TPSA) is 67.1 Å². The van der Waals surface area contributed by atoms with Gasteiger partial charge in [-0.05, 0) is 37.0 Å². The number of hydrogen-bond donors (Lipinski definition) is 2. The minimum atomic E-state index is 0.548. The molecule has 2 N–H and O–H groups in total. The van der Waals surface area contributed by atoms with Gasteiger partial charge in [0.05, 0.1) is 6.54 Å². The Hall–Kier alpha value is -1.89. The second-order valence-electron chi connectivity index (χ2n) is 5.95. The van der Waals surface area contributed by atoms with E-state index in [0.29, 0.717) is 12.5 Å². The Labute approximate surface area is 158 Å². The molecule has 25 heavy (non-hydrogen) atoms. The molecule has 1 aromatic carbocycles. The molecule has 0 radical (unpaired) electrons. The van der Waals surface area contributed by atoms with Gasteiger partial charge in [0.1, 0.15) is 6.33 Å². The summed E-state index contributed by atoms with van der Waals surface area (Å²) >= 11 is 3.54. The number of benzene rings is 1. The van der Waals surface area contributed by atoms with Crippen LogP contribution in [0.4, 0.5) is 0 Å². The van der Waals surface area contributed by atoms with E-state index in [2.05, 4.69) is 79.9 Å². The highest BCUT2D eigenvalue weighted by atomic mass is 79.9. The van der Waals surface area contributed by atoms with Crippen LogP contribution in [0.1, 0.15) is 31.7 Å². The van der Waals surface area contributed by atoms with E-state index >= 15 is 0 Å². The molecule has 2 rings (SSSR count). The van der Waals surface area contributed by atoms with Crippen molar-refractivity contribution in [1.29, 1.82) is 0 Å². The summed E-state index contributed by atoms with van der Waals surface area (Å²) in [5, 5.41) is 14.8. The Morgan fingerprint density at radius 2 is 2.16 bits per heavy atom. The largest absolute Gasteiger partial charge is 0.356 e. The molecule has 0 saturated heterocycles. The number of guanidine groups is 1. The number of hydrogen-bond acceptors (Lipinski definition) is 3. The number of rotatable bonds is 8. The van der Waals surface area contributed by atoms with E-state index in [1.807, 2.05) is 4.57 Å². The van der Waals surface area contributed by atoms with Crippen molar-refractivity contribution in [2.75, 3.05) is 13.6 Å². The van der Waals surface area contributed by atoms with Gasteiger partial charge < -0.3 is 15.2 Å². The third-order valence-corrected chi connectivity index (χ3v) is 4.72. The molecule has 0 aliphatic heterocycles. The van der Waals surface area contributed by atoms with Crippen molar-refractivity contribution in [1.82, 2.24) is 25.4 Å². The van der Waals surface area contributed by atoms with E-state index in [4.69, 9.17) is 0 Å². The van der Waals surface area contributed by atoms with Crippen LogP contribution in [0.5, 0.6) is 0 Å². The van der Waals surface area contributed by atoms with Gasteiger partial charge in [0, 0.05) is 24.6 Å². The summed E-state index contributed by atoms with van der Waals surface area (Å²) in [7, 11) is 1.79. The van der Waals surface area contributed by atoms with Crippen LogP contribution in [0.25, 0.3) is 0 Å². The van der Waals surface area contributed by atoms with Gasteiger partial charge in [-0.3, -0.25) is 4.99 Å². The summed E-state index contributed by atoms with van der Waals surface area (Å²) in [4.78, 5) is 4.30. The normalized spacial score (nSPS) is 12.9. The number of nitrogens with zero attached hydrogens (tertiary/aromatic N) is 4. The molecule has 0 bridgehead atoms. The van der Waals surface area contributed by atoms with E-state index in [1.54, 1.807) is 13.4 Å². The SMILES string of the molecule is CCC(CNC(=NC)NCc1nncn1CC)Cc1cccc(Br)c1. The fourth-order valence-corrected chi connectivity index (χ4v) is 3.11. The first-order valence-electron chi connectivity index (χ1n) is 8.71. The summed E-state index contributed by atoms with van der Waals surface area (Å²) in [6.45, 7) is 6.65. The van der Waals surface area contributed by atoms with E-state index in [1.165, 1.54) is 5.56 Å². The highest BCUT2D eigenvalue weighted by Crippen LogP contribution is 2.16. The lowest BCUT2D eigenvalue weighted by Crippen LogP contribution is -2.40. The summed E-state index contributed by atoms with van der Waals surface area (Å²) in [5.41, 5.74) is 1.35. The van der Waals surface area contributed by atoms with Crippen LogP contribution in [0, 0.1) is 5.92 Å². The number of nitrogens with one attached hydrogen (secondary N) is 2. The Balaban J connectivity index is 1.84. The lowest BCUT2D eigenvalue weighted by molar-refractivity contribution is 0.493. The number of halogens is 1. The Kier molecular flexibility index (Phi) is 7.91. The molecule has 1 aromatic heterocycles. The van der Waals surface area contributed by atoms with Gasteiger partial charge in [-0.15, -0.1) is 10.2 Å². The predicted octanol–water partition coefficient (Wildman–Crippen LogP) is 2.99. The standard InChI is InChI=1S/C18H27BrN6/c1-4-14(9-15-7-6-8-16(19)10-15)11-21-18(20-3)22-12-17-24-23-13-25(17)5-2/h6-8,10,13-14H,4-5,9,11-12H2,1-3H3,(H2,20,21,22). The zero-order valence-electron chi connectivity index (χ0n) is 15.2. The van der Waals surface area contributed by atoms with Crippen molar-refractivity contribution < 1.29 is 0 Å². The monoisotopic (exact) mass is 406 g/mol. The molecule has 2 aromatic rings. The molecular weight excluding hydrogens is 380 g/mol. The molecule has 0 aliphatic rings. The fraction of sp³-hybridized carbons (Fsp3) is 0.500. The lowest BCUT2D eigenvalue weighted by atomic mass is 9.97. The second kappa shape index (κ2) is 10.2. The molecule has 7 heteroatoms.